The van der Waals surface area contributed by atoms with Gasteiger partial charge in [-0.2, -0.15) is 0 Å². The number of aliphatic imine (C=N–C) groups is 1. The Morgan fingerprint density at radius 3 is 2.45 bits per heavy atom. The Morgan fingerprint density at radius 1 is 1.12 bits per heavy atom. The van der Waals surface area contributed by atoms with E-state index in [9.17, 15) is 19.8 Å². The van der Waals surface area contributed by atoms with Crippen LogP contribution in [-0.4, -0.2) is 40.3 Å². The van der Waals surface area contributed by atoms with Crippen molar-refractivity contribution in [2.24, 2.45) is 4.99 Å². The maximum absolute atomic E-state index is 12.7. The normalized spacial score (nSPS) is 15.9. The number of phenols is 1. The van der Waals surface area contributed by atoms with Gasteiger partial charge in [-0.3, -0.25) is 4.79 Å². The largest absolute Gasteiger partial charge is 0.506 e. The smallest absolute Gasteiger partial charge is 0.344 e. The number of hydrogen-bond acceptors (Lipinski definition) is 7. The molecule has 1 aliphatic rings. The quantitative estimate of drug-likeness (QED) is 0.349. The van der Waals surface area contributed by atoms with E-state index >= 15 is 0 Å². The number of nitrogens with zero attached hydrogens (tertiary/aromatic N) is 1. The van der Waals surface area contributed by atoms with E-state index in [-0.39, 0.29) is 28.7 Å². The van der Waals surface area contributed by atoms with E-state index in [1.165, 1.54) is 0 Å². The number of amides is 1. The number of esters is 1. The molecular formula is C24H22INO6S. The lowest BCUT2D eigenvalue weighted by Gasteiger charge is -2.09. The number of ether oxygens (including phenoxy) is 2. The molecule has 0 saturated carbocycles. The summed E-state index contributed by atoms with van der Waals surface area (Å²) in [5.41, 5.74) is 1.83. The van der Waals surface area contributed by atoms with E-state index in [0.29, 0.717) is 32.0 Å². The Balaban J connectivity index is 2.04. The first-order chi connectivity index (χ1) is 15.7. The molecule has 0 atom stereocenters. The predicted molar refractivity (Wildman–Crippen MR) is 137 cm³/mol. The molecule has 1 aliphatic heterocycles. The molecule has 1 heterocycles. The number of aliphatic hydroxyl groups excluding tert-OH is 1. The van der Waals surface area contributed by atoms with Gasteiger partial charge in [-0.1, -0.05) is 29.5 Å². The number of benzene rings is 2. The van der Waals surface area contributed by atoms with Crippen LogP contribution in [0.4, 0.5) is 0 Å². The molecule has 2 aromatic rings. The second-order valence-electron chi connectivity index (χ2n) is 6.93. The van der Waals surface area contributed by atoms with Crippen molar-refractivity contribution in [3.8, 4) is 11.5 Å². The van der Waals surface area contributed by atoms with Crippen molar-refractivity contribution < 1.29 is 29.3 Å². The highest BCUT2D eigenvalue weighted by Crippen LogP contribution is 2.41. The average molecular weight is 579 g/mol. The first-order valence-corrected chi connectivity index (χ1v) is 12.0. The molecule has 0 aliphatic carbocycles. The third-order valence-electron chi connectivity index (χ3n) is 4.52. The number of carbonyl (C=O) groups is 2. The Hall–Kier alpha value is -2.79. The summed E-state index contributed by atoms with van der Waals surface area (Å²) in [7, 11) is 0. The van der Waals surface area contributed by atoms with Crippen LogP contribution >= 0.6 is 34.4 Å². The fourth-order valence-electron chi connectivity index (χ4n) is 2.94. The van der Waals surface area contributed by atoms with Crippen LogP contribution < -0.4 is 4.74 Å². The highest BCUT2D eigenvalue weighted by Gasteiger charge is 2.34. The number of aryl methyl sites for hydroxylation is 1. The molecule has 9 heteroatoms. The highest BCUT2D eigenvalue weighted by molar-refractivity contribution is 14.1. The van der Waals surface area contributed by atoms with Crippen LogP contribution in [0.5, 0.6) is 11.5 Å². The minimum absolute atomic E-state index is 0.0246. The van der Waals surface area contributed by atoms with E-state index in [0.717, 1.165) is 17.3 Å². The summed E-state index contributed by atoms with van der Waals surface area (Å²) in [6.07, 6.45) is 1.63. The summed E-state index contributed by atoms with van der Waals surface area (Å²) in [4.78, 5) is 29.6. The van der Waals surface area contributed by atoms with Crippen molar-refractivity contribution in [3.63, 3.8) is 0 Å². The van der Waals surface area contributed by atoms with Gasteiger partial charge in [-0.05, 0) is 79.3 Å². The van der Waals surface area contributed by atoms with Crippen LogP contribution in [0.15, 0.2) is 57.6 Å². The SMILES string of the molecule is CCOC(=O)C1=C(O)/C(=C/c2cc(I)c(O)c(OCC)c2)SC1=NC(=O)c1ccc(C)cc1. The monoisotopic (exact) mass is 579 g/mol. The molecule has 0 bridgehead atoms. The van der Waals surface area contributed by atoms with Gasteiger partial charge in [-0.25, -0.2) is 9.79 Å². The fraction of sp³-hybridized carbons (Fsp3) is 0.208. The molecule has 0 saturated heterocycles. The maximum atomic E-state index is 12.7. The fourth-order valence-corrected chi connectivity index (χ4v) is 4.58. The van der Waals surface area contributed by atoms with Crippen LogP contribution in [0.3, 0.4) is 0 Å². The zero-order valence-corrected chi connectivity index (χ0v) is 21.2. The third kappa shape index (κ3) is 5.77. The molecule has 172 valence electrons. The van der Waals surface area contributed by atoms with Gasteiger partial charge >= 0.3 is 5.97 Å². The van der Waals surface area contributed by atoms with Crippen molar-refractivity contribution >= 4 is 57.3 Å². The van der Waals surface area contributed by atoms with Crippen LogP contribution in [0.25, 0.3) is 6.08 Å². The number of aromatic hydroxyl groups is 1. The number of thioether (sulfide) groups is 1. The van der Waals surface area contributed by atoms with Gasteiger partial charge in [0.1, 0.15) is 16.4 Å². The molecule has 7 nitrogen and oxygen atoms in total. The van der Waals surface area contributed by atoms with Crippen molar-refractivity contribution in [2.75, 3.05) is 13.2 Å². The number of halogens is 1. The predicted octanol–water partition coefficient (Wildman–Crippen LogP) is 5.41. The van der Waals surface area contributed by atoms with Gasteiger partial charge in [0.2, 0.25) is 0 Å². The summed E-state index contributed by atoms with van der Waals surface area (Å²) in [5, 5.41) is 21.0. The van der Waals surface area contributed by atoms with Crippen LogP contribution in [0, 0.1) is 10.5 Å². The summed E-state index contributed by atoms with van der Waals surface area (Å²) in [5.74, 6) is -1.30. The molecular weight excluding hydrogens is 557 g/mol. The average Bonchev–Trinajstić information content (AvgIpc) is 3.07. The zero-order valence-electron chi connectivity index (χ0n) is 18.2. The van der Waals surface area contributed by atoms with E-state index in [1.807, 2.05) is 29.5 Å². The second kappa shape index (κ2) is 10.9. The van der Waals surface area contributed by atoms with Crippen LogP contribution in [-0.2, 0) is 9.53 Å². The number of aliphatic hydroxyl groups is 1. The van der Waals surface area contributed by atoms with E-state index in [2.05, 4.69) is 4.99 Å². The van der Waals surface area contributed by atoms with Gasteiger partial charge in [0.25, 0.3) is 5.91 Å². The maximum Gasteiger partial charge on any atom is 0.344 e. The van der Waals surface area contributed by atoms with E-state index < -0.39 is 11.9 Å². The molecule has 33 heavy (non-hydrogen) atoms. The molecule has 0 fully saturated rings. The lowest BCUT2D eigenvalue weighted by Crippen LogP contribution is -2.14. The van der Waals surface area contributed by atoms with Crippen molar-refractivity contribution in [2.45, 2.75) is 20.8 Å². The zero-order chi connectivity index (χ0) is 24.1. The van der Waals surface area contributed by atoms with E-state index in [4.69, 9.17) is 9.47 Å². The standard InChI is InChI=1S/C24H22INO6S/c1-4-31-17-11-14(10-16(25)20(17)27)12-18-21(28)19(24(30)32-5-2)23(33-18)26-22(29)15-8-6-13(3)7-9-15/h6-12,27-28H,4-5H2,1-3H3/b18-12-,26-23?. The van der Waals surface area contributed by atoms with Crippen molar-refractivity contribution in [3.05, 3.63) is 72.9 Å². The minimum Gasteiger partial charge on any atom is -0.506 e. The van der Waals surface area contributed by atoms with Crippen molar-refractivity contribution in [1.29, 1.82) is 0 Å². The third-order valence-corrected chi connectivity index (χ3v) is 6.36. The molecule has 2 N–H and O–H groups in total. The number of rotatable bonds is 6. The first kappa shape index (κ1) is 24.8. The Labute approximate surface area is 209 Å². The number of phenolic OH excluding ortho intramolecular Hbond substituents is 1. The van der Waals surface area contributed by atoms with Gasteiger partial charge < -0.3 is 19.7 Å². The minimum atomic E-state index is -0.767. The summed E-state index contributed by atoms with van der Waals surface area (Å²) in [6, 6.07) is 10.2. The Morgan fingerprint density at radius 2 is 1.82 bits per heavy atom. The second-order valence-corrected chi connectivity index (χ2v) is 9.12. The molecule has 0 spiro atoms. The molecule has 0 radical (unpaired) electrons. The number of hydrogen-bond donors (Lipinski definition) is 2. The molecule has 0 unspecified atom stereocenters. The van der Waals surface area contributed by atoms with Crippen LogP contribution in [0.2, 0.25) is 0 Å². The Bertz CT molecular complexity index is 1180. The lowest BCUT2D eigenvalue weighted by atomic mass is 10.1. The van der Waals surface area contributed by atoms with Crippen molar-refractivity contribution in [1.82, 2.24) is 0 Å². The van der Waals surface area contributed by atoms with Gasteiger partial charge in [-0.15, -0.1) is 0 Å². The van der Waals surface area contributed by atoms with Gasteiger partial charge in [0.05, 0.1) is 21.7 Å². The molecule has 3 rings (SSSR count). The summed E-state index contributed by atoms with van der Waals surface area (Å²) >= 11 is 2.97. The number of carbonyl (C=O) groups excluding carboxylic acids is 2. The van der Waals surface area contributed by atoms with Gasteiger partial charge in [0, 0.05) is 5.56 Å². The lowest BCUT2D eigenvalue weighted by molar-refractivity contribution is -0.138. The van der Waals surface area contributed by atoms with Crippen LogP contribution in [0.1, 0.15) is 35.3 Å². The van der Waals surface area contributed by atoms with E-state index in [1.54, 1.807) is 56.3 Å². The first-order valence-electron chi connectivity index (χ1n) is 10.1. The summed E-state index contributed by atoms with van der Waals surface area (Å²) in [6.45, 7) is 5.83. The van der Waals surface area contributed by atoms with Gasteiger partial charge in [0.15, 0.2) is 11.5 Å². The summed E-state index contributed by atoms with van der Waals surface area (Å²) < 4.78 is 11.1. The molecule has 2 aromatic carbocycles. The Kier molecular flexibility index (Phi) is 8.20. The molecule has 0 aromatic heterocycles. The molecule has 1 amide bonds. The highest BCUT2D eigenvalue weighted by atomic mass is 127. The topological polar surface area (TPSA) is 105 Å².